The third-order valence-corrected chi connectivity index (χ3v) is 5.60. The molecule has 1 unspecified atom stereocenters. The molecule has 0 spiro atoms. The Bertz CT molecular complexity index is 1070. The van der Waals surface area contributed by atoms with Crippen molar-refractivity contribution in [1.29, 1.82) is 0 Å². The van der Waals surface area contributed by atoms with E-state index < -0.39 is 0 Å². The lowest BCUT2D eigenvalue weighted by atomic mass is 9.97. The first-order chi connectivity index (χ1) is 13.3. The second-order valence-electron chi connectivity index (χ2n) is 7.93. The maximum absolute atomic E-state index is 13.5. The minimum atomic E-state index is -0.173. The highest BCUT2D eigenvalue weighted by Gasteiger charge is 2.30. The van der Waals surface area contributed by atoms with E-state index in [4.69, 9.17) is 0 Å². The number of amides is 1. The van der Waals surface area contributed by atoms with Crippen LogP contribution in [0.3, 0.4) is 0 Å². The fraction of sp³-hybridized carbons (Fsp3) is 0.409. The zero-order valence-corrected chi connectivity index (χ0v) is 16.8. The lowest BCUT2D eigenvalue weighted by molar-refractivity contribution is 0.0788. The van der Waals surface area contributed by atoms with Gasteiger partial charge in [-0.3, -0.25) is 4.79 Å². The Labute approximate surface area is 164 Å². The monoisotopic (exact) mass is 380 g/mol. The van der Waals surface area contributed by atoms with Crippen LogP contribution >= 0.6 is 0 Å². The number of carbonyl (C=O) groups is 1. The van der Waals surface area contributed by atoms with Crippen molar-refractivity contribution in [2.75, 3.05) is 13.1 Å². The SMILES string of the molecule is Cc1cc(C)n2nc(C)c(C(=O)N3CCC(Cc4ccc(F)c(C)c4)C3)c2n1. The molecule has 2 aromatic heterocycles. The predicted octanol–water partition coefficient (Wildman–Crippen LogP) is 3.81. The first kappa shape index (κ1) is 18.6. The first-order valence-electron chi connectivity index (χ1n) is 9.71. The summed E-state index contributed by atoms with van der Waals surface area (Å²) >= 11 is 0. The van der Waals surface area contributed by atoms with E-state index in [1.165, 1.54) is 6.07 Å². The van der Waals surface area contributed by atoms with Crippen LogP contribution in [0.5, 0.6) is 0 Å². The summed E-state index contributed by atoms with van der Waals surface area (Å²) in [5, 5.41) is 4.52. The predicted molar refractivity (Wildman–Crippen MR) is 106 cm³/mol. The molecule has 1 atom stereocenters. The van der Waals surface area contributed by atoms with Crippen molar-refractivity contribution in [2.24, 2.45) is 5.92 Å². The van der Waals surface area contributed by atoms with Gasteiger partial charge >= 0.3 is 0 Å². The van der Waals surface area contributed by atoms with Crippen LogP contribution in [0, 0.1) is 39.4 Å². The number of likely N-dealkylation sites (tertiary alicyclic amines) is 1. The maximum Gasteiger partial charge on any atom is 0.259 e. The molecule has 5 nitrogen and oxygen atoms in total. The summed E-state index contributed by atoms with van der Waals surface area (Å²) in [4.78, 5) is 19.7. The molecule has 1 aliphatic heterocycles. The van der Waals surface area contributed by atoms with Gasteiger partial charge in [-0.2, -0.15) is 5.10 Å². The van der Waals surface area contributed by atoms with Gasteiger partial charge < -0.3 is 4.90 Å². The van der Waals surface area contributed by atoms with Crippen LogP contribution in [0.15, 0.2) is 24.3 Å². The number of halogens is 1. The van der Waals surface area contributed by atoms with Crippen molar-refractivity contribution >= 4 is 11.6 Å². The average molecular weight is 380 g/mol. The number of aromatic nitrogens is 3. The summed E-state index contributed by atoms with van der Waals surface area (Å²) in [7, 11) is 0. The van der Waals surface area contributed by atoms with Gasteiger partial charge in [-0.15, -0.1) is 0 Å². The van der Waals surface area contributed by atoms with Gasteiger partial charge in [0.1, 0.15) is 11.4 Å². The fourth-order valence-electron chi connectivity index (χ4n) is 4.19. The molecule has 0 saturated carbocycles. The van der Waals surface area contributed by atoms with Crippen LogP contribution in [0.2, 0.25) is 0 Å². The molecule has 3 heterocycles. The normalized spacial score (nSPS) is 16.9. The Hall–Kier alpha value is -2.76. The summed E-state index contributed by atoms with van der Waals surface area (Å²) in [6.45, 7) is 8.99. The smallest absolute Gasteiger partial charge is 0.259 e. The lowest BCUT2D eigenvalue weighted by Crippen LogP contribution is -2.29. The summed E-state index contributed by atoms with van der Waals surface area (Å²) in [6, 6.07) is 7.24. The van der Waals surface area contributed by atoms with E-state index in [1.807, 2.05) is 43.9 Å². The van der Waals surface area contributed by atoms with Crippen molar-refractivity contribution in [3.63, 3.8) is 0 Å². The van der Waals surface area contributed by atoms with Gasteiger partial charge in [-0.05, 0) is 69.7 Å². The van der Waals surface area contributed by atoms with Gasteiger partial charge in [0.25, 0.3) is 5.91 Å². The van der Waals surface area contributed by atoms with Crippen LogP contribution in [0.4, 0.5) is 4.39 Å². The van der Waals surface area contributed by atoms with E-state index in [1.54, 1.807) is 11.4 Å². The van der Waals surface area contributed by atoms with E-state index in [0.29, 0.717) is 34.9 Å². The highest BCUT2D eigenvalue weighted by Crippen LogP contribution is 2.25. The molecule has 28 heavy (non-hydrogen) atoms. The van der Waals surface area contributed by atoms with Crippen molar-refractivity contribution in [3.8, 4) is 0 Å². The number of hydrogen-bond donors (Lipinski definition) is 0. The zero-order valence-electron chi connectivity index (χ0n) is 16.8. The lowest BCUT2D eigenvalue weighted by Gasteiger charge is -2.16. The van der Waals surface area contributed by atoms with Gasteiger partial charge in [0.05, 0.1) is 5.69 Å². The van der Waals surface area contributed by atoms with Crippen molar-refractivity contribution in [3.05, 3.63) is 63.9 Å². The summed E-state index contributed by atoms with van der Waals surface area (Å²) in [5.74, 6) is 0.212. The van der Waals surface area contributed by atoms with Gasteiger partial charge in [0.15, 0.2) is 5.65 Å². The molecule has 1 aliphatic rings. The Morgan fingerprint density at radius 3 is 2.75 bits per heavy atom. The molecule has 146 valence electrons. The Morgan fingerprint density at radius 2 is 2.00 bits per heavy atom. The first-order valence-corrected chi connectivity index (χ1v) is 9.71. The van der Waals surface area contributed by atoms with Gasteiger partial charge in [0, 0.05) is 24.5 Å². The molecule has 0 aliphatic carbocycles. The van der Waals surface area contributed by atoms with Crippen LogP contribution in [0.1, 0.15) is 45.0 Å². The zero-order chi connectivity index (χ0) is 20.0. The van der Waals surface area contributed by atoms with Gasteiger partial charge in [-0.1, -0.05) is 12.1 Å². The van der Waals surface area contributed by atoms with E-state index in [-0.39, 0.29) is 11.7 Å². The average Bonchev–Trinajstić information content (AvgIpc) is 3.22. The molecule has 1 aromatic carbocycles. The highest BCUT2D eigenvalue weighted by molar-refractivity contribution is 6.01. The quantitative estimate of drug-likeness (QED) is 0.694. The van der Waals surface area contributed by atoms with E-state index in [2.05, 4.69) is 10.1 Å². The molecule has 0 N–H and O–H groups in total. The second kappa shape index (κ2) is 7.00. The molecule has 0 bridgehead atoms. The largest absolute Gasteiger partial charge is 0.338 e. The minimum Gasteiger partial charge on any atom is -0.338 e. The number of rotatable bonds is 3. The standard InChI is InChI=1S/C22H25FN4O/c1-13-9-17(5-6-19(13)23)11-18-7-8-26(12-18)22(28)20-16(4)25-27-15(3)10-14(2)24-21(20)27/h5-6,9-10,18H,7-8,11-12H2,1-4H3. The van der Waals surface area contributed by atoms with Crippen molar-refractivity contribution in [2.45, 2.75) is 40.5 Å². The Kier molecular flexibility index (Phi) is 4.65. The minimum absolute atomic E-state index is 0.00258. The summed E-state index contributed by atoms with van der Waals surface area (Å²) < 4.78 is 15.2. The molecule has 6 heteroatoms. The summed E-state index contributed by atoms with van der Waals surface area (Å²) in [6.07, 6.45) is 1.81. The number of hydrogen-bond acceptors (Lipinski definition) is 3. The third kappa shape index (κ3) is 3.28. The molecule has 1 fully saturated rings. The van der Waals surface area contributed by atoms with Crippen LogP contribution in [-0.2, 0) is 6.42 Å². The number of fused-ring (bicyclic) bond motifs is 1. The number of aryl methyl sites for hydroxylation is 4. The van der Waals surface area contributed by atoms with Crippen LogP contribution in [0.25, 0.3) is 5.65 Å². The highest BCUT2D eigenvalue weighted by atomic mass is 19.1. The molecular weight excluding hydrogens is 355 g/mol. The van der Waals surface area contributed by atoms with Crippen LogP contribution < -0.4 is 0 Å². The maximum atomic E-state index is 13.5. The van der Waals surface area contributed by atoms with E-state index in [0.717, 1.165) is 36.3 Å². The number of carbonyl (C=O) groups excluding carboxylic acids is 1. The molecule has 3 aromatic rings. The Morgan fingerprint density at radius 1 is 1.21 bits per heavy atom. The van der Waals surface area contributed by atoms with Gasteiger partial charge in [0.2, 0.25) is 0 Å². The van der Waals surface area contributed by atoms with Crippen molar-refractivity contribution < 1.29 is 9.18 Å². The van der Waals surface area contributed by atoms with E-state index in [9.17, 15) is 9.18 Å². The van der Waals surface area contributed by atoms with Crippen LogP contribution in [-0.4, -0.2) is 38.5 Å². The topological polar surface area (TPSA) is 50.5 Å². The number of nitrogens with zero attached hydrogens (tertiary/aromatic N) is 4. The number of benzene rings is 1. The van der Waals surface area contributed by atoms with Crippen molar-refractivity contribution in [1.82, 2.24) is 19.5 Å². The fourth-order valence-corrected chi connectivity index (χ4v) is 4.19. The molecule has 1 amide bonds. The van der Waals surface area contributed by atoms with Gasteiger partial charge in [-0.25, -0.2) is 13.9 Å². The molecular formula is C22H25FN4O. The Balaban J connectivity index is 1.54. The molecule has 0 radical (unpaired) electrons. The van der Waals surface area contributed by atoms with E-state index >= 15 is 0 Å². The second-order valence-corrected chi connectivity index (χ2v) is 7.93. The molecule has 1 saturated heterocycles. The summed E-state index contributed by atoms with van der Waals surface area (Å²) in [5.41, 5.74) is 5.59. The third-order valence-electron chi connectivity index (χ3n) is 5.60. The molecule has 4 rings (SSSR count).